The lowest BCUT2D eigenvalue weighted by molar-refractivity contribution is -0.253. The minimum atomic E-state index is -5.13. The Bertz CT molecular complexity index is 1550. The van der Waals surface area contributed by atoms with Crippen molar-refractivity contribution in [3.63, 3.8) is 0 Å². The highest BCUT2D eigenvalue weighted by atomic mass is 79.9. The zero-order valence-electron chi connectivity index (χ0n) is 21.6. The molecule has 1 N–H and O–H groups in total. The molecule has 228 valence electrons. The van der Waals surface area contributed by atoms with Gasteiger partial charge in [0.05, 0.1) is 11.1 Å². The summed E-state index contributed by atoms with van der Waals surface area (Å²) in [4.78, 5) is 13.5. The third-order valence-electron chi connectivity index (χ3n) is 6.31. The second-order valence-corrected chi connectivity index (χ2v) is 9.22. The molecule has 0 aliphatic carbocycles. The first-order chi connectivity index (χ1) is 19.7. The van der Waals surface area contributed by atoms with E-state index >= 15 is 0 Å². The molecular weight excluding hydrogens is 657 g/mol. The van der Waals surface area contributed by atoms with Gasteiger partial charge in [-0.15, -0.1) is 17.0 Å². The molecule has 0 aromatic heterocycles. The second kappa shape index (κ2) is 13.1. The average Bonchev–Trinajstić information content (AvgIpc) is 2.92. The maximum atomic E-state index is 14.9. The summed E-state index contributed by atoms with van der Waals surface area (Å²) in [7, 11) is 0. The monoisotopic (exact) mass is 677 g/mol. The number of carbonyl (C=O) groups is 1. The van der Waals surface area contributed by atoms with Crippen molar-refractivity contribution < 1.29 is 49.0 Å². The van der Waals surface area contributed by atoms with Gasteiger partial charge in [0.2, 0.25) is 0 Å². The van der Waals surface area contributed by atoms with Gasteiger partial charge >= 0.3 is 18.7 Å². The van der Waals surface area contributed by atoms with E-state index in [2.05, 4.69) is 10.1 Å². The van der Waals surface area contributed by atoms with Crippen molar-refractivity contribution >= 4 is 22.9 Å². The molecule has 0 spiro atoms. The molecule has 13 heteroatoms. The van der Waals surface area contributed by atoms with Gasteiger partial charge in [-0.1, -0.05) is 60.7 Å². The highest BCUT2D eigenvalue weighted by Crippen LogP contribution is 2.38. The quantitative estimate of drug-likeness (QED) is 0.180. The molecule has 0 heterocycles. The summed E-state index contributed by atoms with van der Waals surface area (Å²) in [5.41, 5.74) is -3.76. The molecule has 0 fully saturated rings. The zero-order chi connectivity index (χ0) is 30.7. The molecular formula is C30H21BrF9NO2. The summed E-state index contributed by atoms with van der Waals surface area (Å²) in [6.45, 7) is 0. The van der Waals surface area contributed by atoms with Crippen LogP contribution in [0.5, 0.6) is 5.75 Å². The molecule has 43 heavy (non-hydrogen) atoms. The predicted octanol–water partition coefficient (Wildman–Crippen LogP) is 8.71. The summed E-state index contributed by atoms with van der Waals surface area (Å²) in [5.74, 6) is -4.98. The number of alkyl halides is 7. The third-order valence-corrected chi connectivity index (χ3v) is 6.31. The standard InChI is InChI=1S/C30H20F9NO2.BrH/c31-22-14-21(15-23(16-22)42-30(38,39)27(33)34)28(20-9-5-2-6-10-20,17-18-7-3-1-4-8-18)40-26(41)19-11-12-25(32)24(13-19)29(35,36)37;/h1-16,27H,17H2,(H,40,41);1H/t28-;/m1./s1. The predicted molar refractivity (Wildman–Crippen MR) is 145 cm³/mol. The molecule has 3 nitrogen and oxygen atoms in total. The first-order valence-electron chi connectivity index (χ1n) is 12.2. The van der Waals surface area contributed by atoms with Crippen LogP contribution in [0.25, 0.3) is 0 Å². The van der Waals surface area contributed by atoms with Gasteiger partial charge < -0.3 is 10.1 Å². The lowest BCUT2D eigenvalue weighted by atomic mass is 9.77. The van der Waals surface area contributed by atoms with Crippen LogP contribution in [0.4, 0.5) is 39.5 Å². The van der Waals surface area contributed by atoms with Crippen molar-refractivity contribution in [2.45, 2.75) is 30.7 Å². The Morgan fingerprint density at radius 1 is 0.767 bits per heavy atom. The molecule has 0 radical (unpaired) electrons. The maximum Gasteiger partial charge on any atom is 0.461 e. The van der Waals surface area contributed by atoms with Crippen LogP contribution in [-0.2, 0) is 18.1 Å². The summed E-state index contributed by atoms with van der Waals surface area (Å²) in [6.07, 6.45) is -14.6. The van der Waals surface area contributed by atoms with E-state index in [4.69, 9.17) is 0 Å². The minimum absolute atomic E-state index is 0. The van der Waals surface area contributed by atoms with Crippen LogP contribution in [0.15, 0.2) is 97.1 Å². The van der Waals surface area contributed by atoms with Crippen LogP contribution in [0, 0.1) is 11.6 Å². The number of hydrogen-bond donors (Lipinski definition) is 1. The van der Waals surface area contributed by atoms with Crippen molar-refractivity contribution in [3.8, 4) is 5.75 Å². The molecule has 0 unspecified atom stereocenters. The lowest BCUT2D eigenvalue weighted by Crippen LogP contribution is -2.48. The highest BCUT2D eigenvalue weighted by molar-refractivity contribution is 8.93. The second-order valence-electron chi connectivity index (χ2n) is 9.22. The van der Waals surface area contributed by atoms with E-state index in [0.717, 1.165) is 18.2 Å². The fourth-order valence-corrected chi connectivity index (χ4v) is 4.40. The summed E-state index contributed by atoms with van der Waals surface area (Å²) >= 11 is 0. The molecule has 0 aliphatic heterocycles. The summed E-state index contributed by atoms with van der Waals surface area (Å²) in [6, 6.07) is 19.4. The smallest absolute Gasteiger partial charge is 0.428 e. The van der Waals surface area contributed by atoms with Crippen molar-refractivity contribution in [1.82, 2.24) is 5.32 Å². The van der Waals surface area contributed by atoms with Crippen molar-refractivity contribution in [2.24, 2.45) is 0 Å². The molecule has 4 aromatic rings. The lowest BCUT2D eigenvalue weighted by Gasteiger charge is -2.37. The van der Waals surface area contributed by atoms with Gasteiger partial charge in [-0.05, 0) is 47.0 Å². The number of amides is 1. The number of rotatable bonds is 9. The van der Waals surface area contributed by atoms with Crippen LogP contribution in [0.3, 0.4) is 0 Å². The number of halogens is 10. The fourth-order valence-electron chi connectivity index (χ4n) is 4.40. The van der Waals surface area contributed by atoms with Crippen LogP contribution in [-0.4, -0.2) is 18.4 Å². The largest absolute Gasteiger partial charge is 0.461 e. The molecule has 1 amide bonds. The van der Waals surface area contributed by atoms with Crippen LogP contribution < -0.4 is 10.1 Å². The number of nitrogens with one attached hydrogen (secondary N) is 1. The maximum absolute atomic E-state index is 14.9. The molecule has 0 saturated heterocycles. The molecule has 4 rings (SSSR count). The average molecular weight is 678 g/mol. The molecule has 0 aliphatic rings. The van der Waals surface area contributed by atoms with E-state index in [-0.39, 0.29) is 34.5 Å². The third kappa shape index (κ3) is 7.70. The van der Waals surface area contributed by atoms with Crippen LogP contribution in [0.2, 0.25) is 0 Å². The van der Waals surface area contributed by atoms with Gasteiger partial charge in [-0.2, -0.15) is 30.7 Å². The van der Waals surface area contributed by atoms with Crippen LogP contribution in [0.1, 0.15) is 32.6 Å². The van der Waals surface area contributed by atoms with Crippen molar-refractivity contribution in [1.29, 1.82) is 0 Å². The van der Waals surface area contributed by atoms with Crippen molar-refractivity contribution in [2.75, 3.05) is 0 Å². The molecule has 4 aromatic carbocycles. The van der Waals surface area contributed by atoms with E-state index in [1.165, 1.54) is 24.3 Å². The fraction of sp³-hybridized carbons (Fsp3) is 0.167. The Balaban J connectivity index is 0.00000506. The number of ether oxygens (including phenoxy) is 1. The van der Waals surface area contributed by atoms with Crippen molar-refractivity contribution in [3.05, 3.63) is 137 Å². The van der Waals surface area contributed by atoms with Gasteiger partial charge in [0, 0.05) is 18.1 Å². The molecule has 1 atom stereocenters. The van der Waals surface area contributed by atoms with E-state index in [1.807, 2.05) is 0 Å². The number of benzene rings is 4. The Hall–Kier alpha value is -4.00. The van der Waals surface area contributed by atoms with E-state index in [1.54, 1.807) is 36.4 Å². The van der Waals surface area contributed by atoms with Gasteiger partial charge in [0.15, 0.2) is 0 Å². The first-order valence-corrected chi connectivity index (χ1v) is 12.2. The molecule has 0 bridgehead atoms. The van der Waals surface area contributed by atoms with E-state index in [9.17, 15) is 44.3 Å². The van der Waals surface area contributed by atoms with Crippen LogP contribution >= 0.6 is 17.0 Å². The Morgan fingerprint density at radius 2 is 1.37 bits per heavy atom. The Kier molecular flexibility index (Phi) is 10.2. The topological polar surface area (TPSA) is 38.3 Å². The summed E-state index contributed by atoms with van der Waals surface area (Å²) < 4.78 is 126. The number of carbonyl (C=O) groups excluding carboxylic acids is 1. The van der Waals surface area contributed by atoms with Gasteiger partial charge in [0.1, 0.15) is 17.4 Å². The Labute approximate surface area is 250 Å². The van der Waals surface area contributed by atoms with E-state index in [0.29, 0.717) is 23.8 Å². The Morgan fingerprint density at radius 3 is 1.95 bits per heavy atom. The van der Waals surface area contributed by atoms with E-state index < -0.39 is 58.7 Å². The van der Waals surface area contributed by atoms with Gasteiger partial charge in [-0.3, -0.25) is 4.79 Å². The first kappa shape index (κ1) is 33.5. The summed E-state index contributed by atoms with van der Waals surface area (Å²) in [5, 5.41) is 2.58. The zero-order valence-corrected chi connectivity index (χ0v) is 23.4. The minimum Gasteiger partial charge on any atom is -0.428 e. The van der Waals surface area contributed by atoms with Gasteiger partial charge in [0.25, 0.3) is 5.91 Å². The highest BCUT2D eigenvalue weighted by Gasteiger charge is 2.45. The number of hydrogen-bond acceptors (Lipinski definition) is 2. The molecule has 0 saturated carbocycles. The SMILES string of the molecule is Br.O=C(N[C@](Cc1ccccc1)(c1ccccc1)c1cc(F)cc(OC(F)(F)C(F)F)c1)c1ccc(F)c(C(F)(F)F)c1. The normalized spacial score (nSPS) is 13.2. The van der Waals surface area contributed by atoms with Gasteiger partial charge in [-0.25, -0.2) is 8.78 Å².